The van der Waals surface area contributed by atoms with E-state index in [0.29, 0.717) is 29.2 Å². The van der Waals surface area contributed by atoms with E-state index in [1.54, 1.807) is 18.2 Å². The number of nitrogens with zero attached hydrogens (tertiary/aromatic N) is 1. The lowest BCUT2D eigenvalue weighted by atomic mass is 9.94. The second-order valence-corrected chi connectivity index (χ2v) is 7.74. The molecule has 1 aromatic rings. The molecule has 7 heteroatoms. The summed E-state index contributed by atoms with van der Waals surface area (Å²) >= 11 is 0. The van der Waals surface area contributed by atoms with Gasteiger partial charge in [-0.05, 0) is 49.8 Å². The third kappa shape index (κ3) is 3.87. The summed E-state index contributed by atoms with van der Waals surface area (Å²) in [6, 6.07) is 4.75. The Morgan fingerprint density at radius 2 is 1.74 bits per heavy atom. The number of amides is 3. The van der Waals surface area contributed by atoms with Gasteiger partial charge in [-0.15, -0.1) is 12.4 Å². The van der Waals surface area contributed by atoms with Crippen LogP contribution < -0.4 is 11.1 Å². The van der Waals surface area contributed by atoms with Gasteiger partial charge in [-0.2, -0.15) is 0 Å². The van der Waals surface area contributed by atoms with Gasteiger partial charge in [-0.3, -0.25) is 19.3 Å². The van der Waals surface area contributed by atoms with Crippen molar-refractivity contribution in [2.24, 2.45) is 11.7 Å². The molecule has 1 atom stereocenters. The maximum absolute atomic E-state index is 12.8. The standard InChI is InChI=1S/C20H25N3O3.ClH/c21-17(12-6-7-12)11-22-18(24)13-8-9-15-16(10-13)20(26)23(19(15)25)14-4-2-1-3-5-14;/h8-10,12,14,17H,1-7,11,21H2,(H,22,24);1H. The van der Waals surface area contributed by atoms with Crippen LogP contribution in [0.1, 0.15) is 76.0 Å². The van der Waals surface area contributed by atoms with Crippen molar-refractivity contribution in [1.82, 2.24) is 10.2 Å². The lowest BCUT2D eigenvalue weighted by Crippen LogP contribution is -2.40. The van der Waals surface area contributed by atoms with Crippen molar-refractivity contribution in [1.29, 1.82) is 0 Å². The van der Waals surface area contributed by atoms with E-state index < -0.39 is 0 Å². The molecule has 3 amide bonds. The highest BCUT2D eigenvalue weighted by Crippen LogP contribution is 2.32. The first-order valence-corrected chi connectivity index (χ1v) is 9.62. The van der Waals surface area contributed by atoms with E-state index in [0.717, 1.165) is 44.9 Å². The predicted molar refractivity (Wildman–Crippen MR) is 104 cm³/mol. The van der Waals surface area contributed by atoms with Crippen LogP contribution in [0.4, 0.5) is 0 Å². The summed E-state index contributed by atoms with van der Waals surface area (Å²) in [5.41, 5.74) is 7.17. The maximum atomic E-state index is 12.8. The Labute approximate surface area is 165 Å². The molecule has 1 aliphatic heterocycles. The van der Waals surface area contributed by atoms with E-state index in [-0.39, 0.29) is 42.2 Å². The fraction of sp³-hybridized carbons (Fsp3) is 0.550. The Morgan fingerprint density at radius 1 is 1.07 bits per heavy atom. The number of rotatable bonds is 5. The Hall–Kier alpha value is -1.92. The third-order valence-corrected chi connectivity index (χ3v) is 5.85. The number of nitrogens with one attached hydrogen (secondary N) is 1. The minimum Gasteiger partial charge on any atom is -0.350 e. The molecule has 0 radical (unpaired) electrons. The normalized spacial score (nSPS) is 20.9. The first kappa shape index (κ1) is 19.8. The zero-order valence-electron chi connectivity index (χ0n) is 15.3. The highest BCUT2D eigenvalue weighted by molar-refractivity contribution is 6.22. The Balaban J connectivity index is 0.00000210. The first-order valence-electron chi connectivity index (χ1n) is 9.62. The van der Waals surface area contributed by atoms with E-state index in [2.05, 4.69) is 5.32 Å². The summed E-state index contributed by atoms with van der Waals surface area (Å²) in [4.78, 5) is 39.3. The molecule has 1 aromatic carbocycles. The van der Waals surface area contributed by atoms with Crippen molar-refractivity contribution in [3.05, 3.63) is 34.9 Å². The van der Waals surface area contributed by atoms with Gasteiger partial charge >= 0.3 is 0 Å². The molecule has 1 heterocycles. The number of nitrogens with two attached hydrogens (primary N) is 1. The zero-order chi connectivity index (χ0) is 18.3. The highest BCUT2D eigenvalue weighted by atomic mass is 35.5. The molecule has 0 spiro atoms. The van der Waals surface area contributed by atoms with Crippen molar-refractivity contribution < 1.29 is 14.4 Å². The van der Waals surface area contributed by atoms with E-state index >= 15 is 0 Å². The number of hydrogen-bond acceptors (Lipinski definition) is 4. The quantitative estimate of drug-likeness (QED) is 0.754. The van der Waals surface area contributed by atoms with Crippen molar-refractivity contribution in [2.45, 2.75) is 57.0 Å². The highest BCUT2D eigenvalue weighted by Gasteiger charge is 2.40. The van der Waals surface area contributed by atoms with Crippen molar-refractivity contribution >= 4 is 30.1 Å². The van der Waals surface area contributed by atoms with Crippen LogP contribution >= 0.6 is 12.4 Å². The SMILES string of the molecule is Cl.NC(CNC(=O)c1ccc2c(c1)C(=O)N(C1CCCCC1)C2=O)C1CC1. The van der Waals surface area contributed by atoms with E-state index in [1.807, 2.05) is 0 Å². The largest absolute Gasteiger partial charge is 0.350 e. The number of benzene rings is 1. The topological polar surface area (TPSA) is 92.5 Å². The number of fused-ring (bicyclic) bond motifs is 1. The van der Waals surface area contributed by atoms with Crippen molar-refractivity contribution in [2.75, 3.05) is 6.54 Å². The Morgan fingerprint density at radius 3 is 2.41 bits per heavy atom. The summed E-state index contributed by atoms with van der Waals surface area (Å²) in [6.07, 6.45) is 7.26. The minimum atomic E-state index is -0.263. The van der Waals surface area contributed by atoms with Crippen molar-refractivity contribution in [3.8, 4) is 0 Å². The third-order valence-electron chi connectivity index (χ3n) is 5.85. The van der Waals surface area contributed by atoms with Crippen LogP contribution in [-0.2, 0) is 0 Å². The molecule has 3 aliphatic rings. The van der Waals surface area contributed by atoms with Crippen LogP contribution in [0.5, 0.6) is 0 Å². The van der Waals surface area contributed by atoms with Gasteiger partial charge in [0.1, 0.15) is 0 Å². The fourth-order valence-corrected chi connectivity index (χ4v) is 4.08. The van der Waals surface area contributed by atoms with E-state index in [9.17, 15) is 14.4 Å². The number of carbonyl (C=O) groups is 3. The van der Waals surface area contributed by atoms with Crippen LogP contribution in [0, 0.1) is 5.92 Å². The van der Waals surface area contributed by atoms with Gasteiger partial charge in [-0.1, -0.05) is 19.3 Å². The summed E-state index contributed by atoms with van der Waals surface area (Å²) in [7, 11) is 0. The average molecular weight is 392 g/mol. The molecule has 3 N–H and O–H groups in total. The van der Waals surface area contributed by atoms with E-state index in [4.69, 9.17) is 5.73 Å². The van der Waals surface area contributed by atoms with Crippen LogP contribution in [0.2, 0.25) is 0 Å². The van der Waals surface area contributed by atoms with Crippen molar-refractivity contribution in [3.63, 3.8) is 0 Å². The lowest BCUT2D eigenvalue weighted by molar-refractivity contribution is 0.0549. The molecule has 2 fully saturated rings. The number of carbonyl (C=O) groups excluding carboxylic acids is 3. The predicted octanol–water partition coefficient (Wildman–Crippen LogP) is 2.50. The summed E-state index contributed by atoms with van der Waals surface area (Å²) in [6.45, 7) is 0.432. The van der Waals surface area contributed by atoms with Crippen LogP contribution in [0.25, 0.3) is 0 Å². The monoisotopic (exact) mass is 391 g/mol. The fourth-order valence-electron chi connectivity index (χ4n) is 4.08. The van der Waals surface area contributed by atoms with Crippen LogP contribution in [0.3, 0.4) is 0 Å². The van der Waals surface area contributed by atoms with Gasteiger partial charge in [-0.25, -0.2) is 0 Å². The van der Waals surface area contributed by atoms with Crippen LogP contribution in [0.15, 0.2) is 18.2 Å². The average Bonchev–Trinajstić information content (AvgIpc) is 3.48. The summed E-state index contributed by atoms with van der Waals surface area (Å²) in [5, 5.41) is 2.84. The molecule has 0 bridgehead atoms. The van der Waals surface area contributed by atoms with Gasteiger partial charge in [0.05, 0.1) is 11.1 Å². The second-order valence-electron chi connectivity index (χ2n) is 7.74. The van der Waals surface area contributed by atoms with Gasteiger partial charge in [0.25, 0.3) is 17.7 Å². The molecular weight excluding hydrogens is 366 g/mol. The molecule has 4 rings (SSSR count). The molecule has 2 saturated carbocycles. The molecule has 0 saturated heterocycles. The molecule has 1 unspecified atom stereocenters. The summed E-state index contributed by atoms with van der Waals surface area (Å²) in [5.74, 6) is -0.223. The Bertz CT molecular complexity index is 757. The molecule has 27 heavy (non-hydrogen) atoms. The Kier molecular flexibility index (Phi) is 5.86. The molecular formula is C20H26ClN3O3. The van der Waals surface area contributed by atoms with Crippen LogP contribution in [-0.4, -0.2) is 41.2 Å². The first-order chi connectivity index (χ1) is 12.6. The zero-order valence-corrected chi connectivity index (χ0v) is 16.1. The van der Waals surface area contributed by atoms with Gasteiger partial charge in [0.15, 0.2) is 0 Å². The number of imide groups is 1. The van der Waals surface area contributed by atoms with E-state index in [1.165, 1.54) is 4.90 Å². The lowest BCUT2D eigenvalue weighted by Gasteiger charge is -2.29. The molecule has 146 valence electrons. The van der Waals surface area contributed by atoms with Gasteiger partial charge < -0.3 is 11.1 Å². The van der Waals surface area contributed by atoms with Gasteiger partial charge in [0.2, 0.25) is 0 Å². The minimum absolute atomic E-state index is 0. The molecule has 0 aromatic heterocycles. The van der Waals surface area contributed by atoms with Gasteiger partial charge in [0, 0.05) is 24.2 Å². The second kappa shape index (κ2) is 7.98. The molecule has 2 aliphatic carbocycles. The smallest absolute Gasteiger partial charge is 0.261 e. The number of hydrogen-bond donors (Lipinski definition) is 2. The maximum Gasteiger partial charge on any atom is 0.261 e. The molecule has 6 nitrogen and oxygen atoms in total. The number of halogens is 1. The summed E-state index contributed by atoms with van der Waals surface area (Å²) < 4.78 is 0.